The molecule has 3 rings (SSSR count). The van der Waals surface area contributed by atoms with Gasteiger partial charge in [0.1, 0.15) is 5.84 Å². The highest BCUT2D eigenvalue weighted by Crippen LogP contribution is 2.47. The second kappa shape index (κ2) is 4.30. The number of urea groups is 1. The molecule has 1 aliphatic carbocycles. The van der Waals surface area contributed by atoms with Gasteiger partial charge in [0.25, 0.3) is 5.56 Å². The van der Waals surface area contributed by atoms with Crippen LogP contribution in [0.15, 0.2) is 20.8 Å². The second-order valence-electron chi connectivity index (χ2n) is 4.95. The van der Waals surface area contributed by atoms with Crippen molar-refractivity contribution in [2.75, 3.05) is 0 Å². The van der Waals surface area contributed by atoms with E-state index in [0.29, 0.717) is 0 Å². The highest BCUT2D eigenvalue weighted by molar-refractivity contribution is 6.01. The zero-order valence-electron chi connectivity index (χ0n) is 10.5. The van der Waals surface area contributed by atoms with Crippen molar-refractivity contribution in [2.24, 2.45) is 22.6 Å². The summed E-state index contributed by atoms with van der Waals surface area (Å²) < 4.78 is 0. The maximum Gasteiger partial charge on any atom is 0.342 e. The van der Waals surface area contributed by atoms with E-state index in [9.17, 15) is 24.3 Å². The number of aromatic nitrogens is 2. The Balaban J connectivity index is 2.08. The molecule has 3 unspecified atom stereocenters. The molecule has 1 aliphatic heterocycles. The SMILES string of the molecule is NC1=NC(=O)NC2C1[C@@H](C(=O)O)C2c1c[nH]c(=O)[nH]c1=O. The van der Waals surface area contributed by atoms with Crippen molar-refractivity contribution in [2.45, 2.75) is 12.0 Å². The van der Waals surface area contributed by atoms with Crippen molar-refractivity contribution in [3.8, 4) is 0 Å². The topological polar surface area (TPSA) is 170 Å². The van der Waals surface area contributed by atoms with Gasteiger partial charge in [-0.1, -0.05) is 0 Å². The number of aliphatic imine (C=N–C) groups is 1. The van der Waals surface area contributed by atoms with Crippen LogP contribution in [0.5, 0.6) is 0 Å². The van der Waals surface area contributed by atoms with Gasteiger partial charge in [-0.2, -0.15) is 4.99 Å². The summed E-state index contributed by atoms with van der Waals surface area (Å²) in [5.74, 6) is -3.66. The normalized spacial score (nSPS) is 30.7. The van der Waals surface area contributed by atoms with Crippen LogP contribution in [0.4, 0.5) is 4.79 Å². The minimum atomic E-state index is -1.15. The summed E-state index contributed by atoms with van der Waals surface area (Å²) in [4.78, 5) is 53.5. The van der Waals surface area contributed by atoms with Crippen LogP contribution in [0.1, 0.15) is 11.5 Å². The van der Waals surface area contributed by atoms with Gasteiger partial charge < -0.3 is 21.1 Å². The third kappa shape index (κ3) is 1.83. The molecule has 2 aliphatic rings. The molecule has 110 valence electrons. The molecule has 1 aromatic rings. The lowest BCUT2D eigenvalue weighted by molar-refractivity contribution is -0.149. The van der Waals surface area contributed by atoms with Gasteiger partial charge in [-0.3, -0.25) is 14.6 Å². The van der Waals surface area contributed by atoms with Crippen LogP contribution in [0.25, 0.3) is 0 Å². The van der Waals surface area contributed by atoms with E-state index in [0.717, 1.165) is 6.20 Å². The lowest BCUT2D eigenvalue weighted by Gasteiger charge is -2.50. The van der Waals surface area contributed by atoms with Gasteiger partial charge in [0.05, 0.1) is 11.8 Å². The molecule has 0 aromatic carbocycles. The van der Waals surface area contributed by atoms with E-state index in [1.165, 1.54) is 0 Å². The minimum Gasteiger partial charge on any atom is -0.481 e. The number of aromatic amines is 2. The number of carboxylic acids is 1. The van der Waals surface area contributed by atoms with E-state index in [4.69, 9.17) is 5.73 Å². The van der Waals surface area contributed by atoms with Gasteiger partial charge >= 0.3 is 17.7 Å². The first-order valence-electron chi connectivity index (χ1n) is 6.09. The van der Waals surface area contributed by atoms with Crippen LogP contribution in [0.2, 0.25) is 0 Å². The third-order valence-corrected chi connectivity index (χ3v) is 3.90. The van der Waals surface area contributed by atoms with Crippen LogP contribution in [-0.4, -0.2) is 39.0 Å². The first-order chi connectivity index (χ1) is 9.90. The minimum absolute atomic E-state index is 0.0618. The fraction of sp³-hybridized carbons (Fsp3) is 0.364. The molecule has 0 radical (unpaired) electrons. The maximum absolute atomic E-state index is 11.8. The van der Waals surface area contributed by atoms with Gasteiger partial charge in [-0.05, 0) is 0 Å². The molecule has 1 fully saturated rings. The van der Waals surface area contributed by atoms with Gasteiger partial charge in [0.2, 0.25) is 0 Å². The molecule has 6 N–H and O–H groups in total. The quantitative estimate of drug-likeness (QED) is 0.419. The Labute approximate surface area is 116 Å². The number of hydrogen-bond acceptors (Lipinski definition) is 5. The van der Waals surface area contributed by atoms with E-state index in [-0.39, 0.29) is 11.4 Å². The van der Waals surface area contributed by atoms with Crippen molar-refractivity contribution in [3.05, 3.63) is 32.6 Å². The maximum atomic E-state index is 11.8. The Hall–Kier alpha value is -2.91. The van der Waals surface area contributed by atoms with Crippen LogP contribution >= 0.6 is 0 Å². The number of carboxylic acid groups (broad SMARTS) is 1. The van der Waals surface area contributed by atoms with Crippen LogP contribution in [-0.2, 0) is 4.79 Å². The molecular weight excluding hydrogens is 282 g/mol. The standard InChI is InChI=1S/C11H11N5O5/c12-7-5-4(9(18)19)3(6(5)14-11(21)15-7)2-1-13-10(20)16-8(2)17/h1,3-6H,(H,18,19)(H3,12,14,15,21)(H2,13,16,17,20)/t3?,4-,5?,6?/m0/s1. The number of rotatable bonds is 2. The second-order valence-corrected chi connectivity index (χ2v) is 4.95. The molecule has 10 heteroatoms. The van der Waals surface area contributed by atoms with Crippen molar-refractivity contribution in [3.63, 3.8) is 0 Å². The summed E-state index contributed by atoms with van der Waals surface area (Å²) in [7, 11) is 0. The largest absolute Gasteiger partial charge is 0.481 e. The van der Waals surface area contributed by atoms with Crippen molar-refractivity contribution >= 4 is 17.8 Å². The third-order valence-electron chi connectivity index (χ3n) is 3.90. The Morgan fingerprint density at radius 1 is 1.29 bits per heavy atom. The number of nitrogens with one attached hydrogen (secondary N) is 3. The molecular formula is C11H11N5O5. The van der Waals surface area contributed by atoms with E-state index in [1.54, 1.807) is 0 Å². The number of amides is 2. The zero-order valence-corrected chi connectivity index (χ0v) is 10.5. The number of fused-ring (bicyclic) bond motifs is 1. The average Bonchev–Trinajstić information content (AvgIpc) is 2.35. The molecule has 2 amide bonds. The predicted molar refractivity (Wildman–Crippen MR) is 69.0 cm³/mol. The number of nitrogens with zero attached hydrogens (tertiary/aromatic N) is 1. The number of hydrogen-bond donors (Lipinski definition) is 5. The van der Waals surface area contributed by atoms with E-state index >= 15 is 0 Å². The van der Waals surface area contributed by atoms with Gasteiger partial charge in [-0.25, -0.2) is 9.59 Å². The van der Waals surface area contributed by atoms with Crippen LogP contribution < -0.4 is 22.3 Å². The Morgan fingerprint density at radius 2 is 2.00 bits per heavy atom. The summed E-state index contributed by atoms with van der Waals surface area (Å²) in [6.45, 7) is 0. The fourth-order valence-corrected chi connectivity index (χ4v) is 3.02. The zero-order chi connectivity index (χ0) is 15.3. The van der Waals surface area contributed by atoms with Crippen molar-refractivity contribution in [1.29, 1.82) is 0 Å². The average molecular weight is 293 g/mol. The Bertz CT molecular complexity index is 778. The first-order valence-corrected chi connectivity index (χ1v) is 6.09. The lowest BCUT2D eigenvalue weighted by Crippen LogP contribution is -2.67. The molecule has 4 atom stereocenters. The Morgan fingerprint density at radius 3 is 2.62 bits per heavy atom. The molecule has 1 saturated carbocycles. The number of H-pyrrole nitrogens is 2. The molecule has 21 heavy (non-hydrogen) atoms. The fourth-order valence-electron chi connectivity index (χ4n) is 3.02. The summed E-state index contributed by atoms with van der Waals surface area (Å²) >= 11 is 0. The monoisotopic (exact) mass is 293 g/mol. The highest BCUT2D eigenvalue weighted by Gasteiger charge is 2.59. The molecule has 2 heterocycles. The number of nitrogens with two attached hydrogens (primary N) is 1. The lowest BCUT2D eigenvalue weighted by atomic mass is 9.57. The van der Waals surface area contributed by atoms with Crippen LogP contribution in [0.3, 0.4) is 0 Å². The Kier molecular flexibility index (Phi) is 2.68. The molecule has 0 bridgehead atoms. The first kappa shape index (κ1) is 13.1. The van der Waals surface area contributed by atoms with E-state index in [1.807, 2.05) is 4.98 Å². The van der Waals surface area contributed by atoms with Gasteiger partial charge in [0, 0.05) is 23.7 Å². The summed E-state index contributed by atoms with van der Waals surface area (Å²) in [6.07, 6.45) is 1.16. The summed E-state index contributed by atoms with van der Waals surface area (Å²) in [5, 5.41) is 11.8. The molecule has 0 saturated heterocycles. The van der Waals surface area contributed by atoms with Gasteiger partial charge in [-0.15, -0.1) is 0 Å². The van der Waals surface area contributed by atoms with E-state index < -0.39 is 47.0 Å². The summed E-state index contributed by atoms with van der Waals surface area (Å²) in [6, 6.07) is -1.31. The predicted octanol–water partition coefficient (Wildman–Crippen LogP) is -2.07. The molecule has 0 spiro atoms. The number of amidine groups is 1. The van der Waals surface area contributed by atoms with E-state index in [2.05, 4.69) is 15.3 Å². The van der Waals surface area contributed by atoms with Crippen molar-refractivity contribution < 1.29 is 14.7 Å². The van der Waals surface area contributed by atoms with Gasteiger partial charge in [0.15, 0.2) is 0 Å². The highest BCUT2D eigenvalue weighted by atomic mass is 16.4. The number of carbonyl (C=O) groups excluding carboxylic acids is 1. The van der Waals surface area contributed by atoms with Crippen LogP contribution in [0, 0.1) is 11.8 Å². The molecule has 1 aromatic heterocycles. The smallest absolute Gasteiger partial charge is 0.342 e. The molecule has 10 nitrogen and oxygen atoms in total. The number of carbonyl (C=O) groups is 2. The van der Waals surface area contributed by atoms with Crippen molar-refractivity contribution in [1.82, 2.24) is 15.3 Å². The summed E-state index contributed by atoms with van der Waals surface area (Å²) in [5.41, 5.74) is 4.32. The number of aliphatic carboxylic acids is 1.